The van der Waals surface area contributed by atoms with E-state index < -0.39 is 11.0 Å². The Hall–Kier alpha value is -2.80. The van der Waals surface area contributed by atoms with Crippen LogP contribution in [0.3, 0.4) is 0 Å². The van der Waals surface area contributed by atoms with E-state index in [0.29, 0.717) is 22.6 Å². The number of aliphatic hydroxyl groups excluding tert-OH is 1. The molecule has 2 rings (SSSR count). The zero-order valence-electron chi connectivity index (χ0n) is 13.0. The largest absolute Gasteiger partial charge is 0.497 e. The molecule has 1 N–H and O–H groups in total. The second-order valence-corrected chi connectivity index (χ2v) is 4.74. The molecule has 0 radical (unpaired) electrons. The fourth-order valence-corrected chi connectivity index (χ4v) is 2.19. The molecule has 0 heterocycles. The summed E-state index contributed by atoms with van der Waals surface area (Å²) in [5.41, 5.74) is 0.839. The minimum atomic E-state index is -1.01. The zero-order chi connectivity index (χ0) is 17.0. The van der Waals surface area contributed by atoms with Gasteiger partial charge in [0, 0.05) is 12.1 Å². The van der Waals surface area contributed by atoms with E-state index in [1.54, 1.807) is 18.2 Å². The maximum atomic E-state index is 10.9. The van der Waals surface area contributed by atoms with E-state index in [2.05, 4.69) is 0 Å². The van der Waals surface area contributed by atoms with E-state index in [4.69, 9.17) is 14.2 Å². The van der Waals surface area contributed by atoms with Crippen molar-refractivity contribution in [1.82, 2.24) is 0 Å². The predicted octanol–water partition coefficient (Wildman–Crippen LogP) is 2.70. The van der Waals surface area contributed by atoms with Crippen molar-refractivity contribution >= 4 is 5.69 Å². The van der Waals surface area contributed by atoms with Gasteiger partial charge in [0.15, 0.2) is 5.75 Å². The van der Waals surface area contributed by atoms with Gasteiger partial charge < -0.3 is 19.3 Å². The number of methoxy groups -OCH3 is 3. The Morgan fingerprint density at radius 1 is 0.957 bits per heavy atom. The first-order chi connectivity index (χ1) is 11.0. The van der Waals surface area contributed by atoms with Crippen LogP contribution < -0.4 is 14.2 Å². The third-order valence-electron chi connectivity index (χ3n) is 3.41. The van der Waals surface area contributed by atoms with Crippen LogP contribution in [0.2, 0.25) is 0 Å². The van der Waals surface area contributed by atoms with Gasteiger partial charge >= 0.3 is 5.69 Å². The van der Waals surface area contributed by atoms with Crippen molar-refractivity contribution < 1.29 is 24.2 Å². The molecule has 0 spiro atoms. The molecule has 1 atom stereocenters. The summed E-state index contributed by atoms with van der Waals surface area (Å²) in [6.45, 7) is 0. The highest BCUT2D eigenvalue weighted by atomic mass is 16.6. The molecule has 23 heavy (non-hydrogen) atoms. The van der Waals surface area contributed by atoms with E-state index in [1.165, 1.54) is 39.5 Å². The number of nitro benzene ring substituents is 1. The summed E-state index contributed by atoms with van der Waals surface area (Å²) >= 11 is 0. The average molecular weight is 319 g/mol. The molecule has 0 bridgehead atoms. The number of ether oxygens (including phenoxy) is 3. The van der Waals surface area contributed by atoms with E-state index >= 15 is 0 Å². The minimum Gasteiger partial charge on any atom is -0.497 e. The van der Waals surface area contributed by atoms with Gasteiger partial charge in [-0.25, -0.2) is 0 Å². The van der Waals surface area contributed by atoms with Crippen molar-refractivity contribution in [2.75, 3.05) is 21.3 Å². The van der Waals surface area contributed by atoms with Crippen LogP contribution >= 0.6 is 0 Å². The molecule has 0 aliphatic carbocycles. The van der Waals surface area contributed by atoms with Gasteiger partial charge in [0.2, 0.25) is 0 Å². The number of hydrogen-bond donors (Lipinski definition) is 1. The first kappa shape index (κ1) is 16.6. The Morgan fingerprint density at radius 2 is 1.57 bits per heavy atom. The topological polar surface area (TPSA) is 91.1 Å². The Balaban J connectivity index is 2.44. The molecule has 122 valence electrons. The number of hydrogen-bond acceptors (Lipinski definition) is 6. The van der Waals surface area contributed by atoms with E-state index in [1.807, 2.05) is 0 Å². The van der Waals surface area contributed by atoms with Crippen LogP contribution in [0.25, 0.3) is 0 Å². The highest BCUT2D eigenvalue weighted by molar-refractivity contribution is 5.51. The second-order valence-electron chi connectivity index (χ2n) is 4.74. The summed E-state index contributed by atoms with van der Waals surface area (Å²) in [5.74, 6) is 1.15. The van der Waals surface area contributed by atoms with Crippen molar-refractivity contribution in [3.05, 3.63) is 57.6 Å². The van der Waals surface area contributed by atoms with Gasteiger partial charge in [-0.05, 0) is 35.4 Å². The summed E-state index contributed by atoms with van der Waals surface area (Å²) in [4.78, 5) is 10.4. The summed E-state index contributed by atoms with van der Waals surface area (Å²) in [6, 6.07) is 9.25. The van der Waals surface area contributed by atoms with Crippen LogP contribution in [0.15, 0.2) is 36.4 Å². The lowest BCUT2D eigenvalue weighted by Crippen LogP contribution is -2.03. The number of benzene rings is 2. The molecule has 0 amide bonds. The molecular weight excluding hydrogens is 302 g/mol. The maximum Gasteiger partial charge on any atom is 0.310 e. The standard InChI is InChI=1S/C16H17NO6/c1-21-12-6-11(7-13(9-12)22-2)16(18)10-4-5-14(17(19)20)15(8-10)23-3/h4-9,16,18H,1-3H3/t16-/m1/s1. The molecule has 7 nitrogen and oxygen atoms in total. The van der Waals surface area contributed by atoms with Gasteiger partial charge in [-0.1, -0.05) is 0 Å². The number of nitrogens with zero attached hydrogens (tertiary/aromatic N) is 1. The van der Waals surface area contributed by atoms with E-state index in [9.17, 15) is 15.2 Å². The van der Waals surface area contributed by atoms with Crippen LogP contribution in [0.4, 0.5) is 5.69 Å². The molecule has 0 aromatic heterocycles. The summed E-state index contributed by atoms with van der Waals surface area (Å²) in [6.07, 6.45) is -1.01. The van der Waals surface area contributed by atoms with Gasteiger partial charge in [-0.15, -0.1) is 0 Å². The zero-order valence-corrected chi connectivity index (χ0v) is 13.0. The minimum absolute atomic E-state index is 0.0846. The highest BCUT2D eigenvalue weighted by Gasteiger charge is 2.19. The van der Waals surface area contributed by atoms with E-state index in [0.717, 1.165) is 0 Å². The van der Waals surface area contributed by atoms with Crippen molar-refractivity contribution in [3.63, 3.8) is 0 Å². The number of aliphatic hydroxyl groups is 1. The summed E-state index contributed by atoms with van der Waals surface area (Å²) < 4.78 is 15.4. The number of rotatable bonds is 6. The van der Waals surface area contributed by atoms with Crippen LogP contribution in [-0.2, 0) is 0 Å². The molecule has 2 aromatic carbocycles. The van der Waals surface area contributed by atoms with Crippen LogP contribution in [0.5, 0.6) is 17.2 Å². The van der Waals surface area contributed by atoms with Gasteiger partial charge in [0.05, 0.1) is 26.3 Å². The van der Waals surface area contributed by atoms with Crippen molar-refractivity contribution in [1.29, 1.82) is 0 Å². The van der Waals surface area contributed by atoms with Crippen LogP contribution in [-0.4, -0.2) is 31.4 Å². The Kier molecular flexibility index (Phi) is 5.02. The summed E-state index contributed by atoms with van der Waals surface area (Å²) in [5, 5.41) is 21.5. The molecule has 0 fully saturated rings. The lowest BCUT2D eigenvalue weighted by Gasteiger charge is -2.15. The monoisotopic (exact) mass is 319 g/mol. The fourth-order valence-electron chi connectivity index (χ4n) is 2.19. The van der Waals surface area contributed by atoms with Gasteiger partial charge in [0.1, 0.15) is 17.6 Å². The molecule has 0 aliphatic rings. The first-order valence-electron chi connectivity index (χ1n) is 6.73. The Labute approximate surface area is 133 Å². The quantitative estimate of drug-likeness (QED) is 0.650. The van der Waals surface area contributed by atoms with Crippen LogP contribution in [0, 0.1) is 10.1 Å². The van der Waals surface area contributed by atoms with Gasteiger partial charge in [-0.3, -0.25) is 10.1 Å². The second kappa shape index (κ2) is 6.97. The predicted molar refractivity (Wildman–Crippen MR) is 83.3 cm³/mol. The van der Waals surface area contributed by atoms with Crippen molar-refractivity contribution in [2.45, 2.75) is 6.10 Å². The van der Waals surface area contributed by atoms with Gasteiger partial charge in [0.25, 0.3) is 0 Å². The lowest BCUT2D eigenvalue weighted by molar-refractivity contribution is -0.385. The molecule has 0 aliphatic heterocycles. The summed E-state index contributed by atoms with van der Waals surface area (Å²) in [7, 11) is 4.37. The average Bonchev–Trinajstić information content (AvgIpc) is 2.59. The molecule has 7 heteroatoms. The highest BCUT2D eigenvalue weighted by Crippen LogP contribution is 2.34. The number of nitro groups is 1. The molecule has 0 unspecified atom stereocenters. The van der Waals surface area contributed by atoms with Crippen LogP contribution in [0.1, 0.15) is 17.2 Å². The molecular formula is C16H17NO6. The third-order valence-corrected chi connectivity index (χ3v) is 3.41. The normalized spacial score (nSPS) is 11.7. The lowest BCUT2D eigenvalue weighted by atomic mass is 10.0. The molecule has 0 saturated heterocycles. The van der Waals surface area contributed by atoms with Crippen molar-refractivity contribution in [2.24, 2.45) is 0 Å². The third kappa shape index (κ3) is 3.51. The molecule has 0 saturated carbocycles. The molecule has 2 aromatic rings. The SMILES string of the molecule is COc1cc(OC)cc([C@H](O)c2ccc([N+](=O)[O-])c(OC)c2)c1. The van der Waals surface area contributed by atoms with Crippen molar-refractivity contribution in [3.8, 4) is 17.2 Å². The van der Waals surface area contributed by atoms with Gasteiger partial charge in [-0.2, -0.15) is 0 Å². The Bertz CT molecular complexity index is 693. The maximum absolute atomic E-state index is 10.9. The van der Waals surface area contributed by atoms with E-state index in [-0.39, 0.29) is 11.4 Å². The smallest absolute Gasteiger partial charge is 0.310 e. The first-order valence-corrected chi connectivity index (χ1v) is 6.73. The Morgan fingerprint density at radius 3 is 2.04 bits per heavy atom. The fraction of sp³-hybridized carbons (Fsp3) is 0.250.